The van der Waals surface area contributed by atoms with E-state index in [1.54, 1.807) is 6.07 Å². The molecule has 0 saturated carbocycles. The lowest BCUT2D eigenvalue weighted by atomic mass is 10.0. The number of hydrogen-bond acceptors (Lipinski definition) is 2. The minimum atomic E-state index is -4.32. The van der Waals surface area contributed by atoms with Crippen molar-refractivity contribution < 1.29 is 13.2 Å². The van der Waals surface area contributed by atoms with Gasteiger partial charge in [0.1, 0.15) is 0 Å². The molecule has 1 aliphatic heterocycles. The van der Waals surface area contributed by atoms with E-state index in [9.17, 15) is 13.2 Å². The number of anilines is 2. The van der Waals surface area contributed by atoms with E-state index >= 15 is 0 Å². The molecule has 0 aliphatic carbocycles. The molecule has 1 unspecified atom stereocenters. The molecule has 1 atom stereocenters. The summed E-state index contributed by atoms with van der Waals surface area (Å²) in [5, 5.41) is 3.12. The Morgan fingerprint density at radius 2 is 2.00 bits per heavy atom. The third kappa shape index (κ3) is 2.26. The lowest BCUT2D eigenvalue weighted by Crippen LogP contribution is -2.44. The van der Waals surface area contributed by atoms with Gasteiger partial charge in [0.25, 0.3) is 0 Å². The van der Waals surface area contributed by atoms with Crippen LogP contribution in [0.3, 0.4) is 0 Å². The van der Waals surface area contributed by atoms with Crippen LogP contribution >= 0.6 is 0 Å². The zero-order valence-electron chi connectivity index (χ0n) is 10.7. The molecule has 1 aromatic rings. The van der Waals surface area contributed by atoms with Gasteiger partial charge in [-0.15, -0.1) is 0 Å². The fourth-order valence-corrected chi connectivity index (χ4v) is 2.36. The minimum absolute atomic E-state index is 0.0387. The van der Waals surface area contributed by atoms with E-state index in [4.69, 9.17) is 0 Å². The van der Waals surface area contributed by atoms with E-state index in [2.05, 4.69) is 5.32 Å². The molecule has 0 bridgehead atoms. The van der Waals surface area contributed by atoms with Gasteiger partial charge in [-0.3, -0.25) is 0 Å². The number of fused-ring (bicyclic) bond motifs is 1. The average molecular weight is 258 g/mol. The van der Waals surface area contributed by atoms with Gasteiger partial charge in [-0.05, 0) is 32.9 Å². The summed E-state index contributed by atoms with van der Waals surface area (Å²) in [4.78, 5) is 1.82. The van der Waals surface area contributed by atoms with Gasteiger partial charge in [-0.1, -0.05) is 6.07 Å². The molecule has 1 heterocycles. The molecule has 0 radical (unpaired) electrons. The summed E-state index contributed by atoms with van der Waals surface area (Å²) in [6.45, 7) is 6.38. The molecule has 100 valence electrons. The number of halogens is 3. The standard InChI is InChI=1S/C13H17F3N2/c1-8(2)18-7-9(3)17-11-6-4-5-10(12(11)18)13(14,15)16/h4-6,8-9,17H,7H2,1-3H3. The second-order valence-corrected chi connectivity index (χ2v) is 4.99. The maximum absolute atomic E-state index is 13.1. The van der Waals surface area contributed by atoms with Gasteiger partial charge >= 0.3 is 6.18 Å². The van der Waals surface area contributed by atoms with Crippen molar-refractivity contribution in [1.29, 1.82) is 0 Å². The highest BCUT2D eigenvalue weighted by atomic mass is 19.4. The molecule has 5 heteroatoms. The van der Waals surface area contributed by atoms with Gasteiger partial charge in [-0.25, -0.2) is 0 Å². The van der Waals surface area contributed by atoms with E-state index in [-0.39, 0.29) is 17.8 Å². The summed E-state index contributed by atoms with van der Waals surface area (Å²) in [7, 11) is 0. The van der Waals surface area contributed by atoms with Crippen LogP contribution in [0.4, 0.5) is 24.5 Å². The van der Waals surface area contributed by atoms with Crippen molar-refractivity contribution in [3.63, 3.8) is 0 Å². The first-order valence-corrected chi connectivity index (χ1v) is 6.04. The van der Waals surface area contributed by atoms with Crippen LogP contribution in [0.1, 0.15) is 26.3 Å². The first kappa shape index (κ1) is 13.1. The molecule has 1 N–H and O–H groups in total. The van der Waals surface area contributed by atoms with E-state index < -0.39 is 11.7 Å². The molecule has 1 aromatic carbocycles. The highest BCUT2D eigenvalue weighted by molar-refractivity contribution is 5.77. The molecule has 2 rings (SSSR count). The van der Waals surface area contributed by atoms with Crippen LogP contribution in [0.2, 0.25) is 0 Å². The van der Waals surface area contributed by atoms with Crippen molar-refractivity contribution in [1.82, 2.24) is 0 Å². The monoisotopic (exact) mass is 258 g/mol. The predicted octanol–water partition coefficient (Wildman–Crippen LogP) is 3.73. The number of nitrogens with zero attached hydrogens (tertiary/aromatic N) is 1. The molecule has 18 heavy (non-hydrogen) atoms. The largest absolute Gasteiger partial charge is 0.418 e. The minimum Gasteiger partial charge on any atom is -0.379 e. The van der Waals surface area contributed by atoms with Gasteiger partial charge < -0.3 is 10.2 Å². The Balaban J connectivity index is 2.58. The van der Waals surface area contributed by atoms with Crippen LogP contribution in [0.5, 0.6) is 0 Å². The first-order chi connectivity index (χ1) is 8.30. The first-order valence-electron chi connectivity index (χ1n) is 6.04. The Kier molecular flexibility index (Phi) is 3.17. The van der Waals surface area contributed by atoms with Crippen molar-refractivity contribution in [3.05, 3.63) is 23.8 Å². The average Bonchev–Trinajstić information content (AvgIpc) is 2.25. The Morgan fingerprint density at radius 1 is 1.33 bits per heavy atom. The Morgan fingerprint density at radius 3 is 2.56 bits per heavy atom. The fraction of sp³-hybridized carbons (Fsp3) is 0.538. The molecule has 0 saturated heterocycles. The number of alkyl halides is 3. The van der Waals surface area contributed by atoms with Crippen molar-refractivity contribution in [2.75, 3.05) is 16.8 Å². The molecule has 2 nitrogen and oxygen atoms in total. The molecular formula is C13H17F3N2. The van der Waals surface area contributed by atoms with Crippen LogP contribution in [-0.2, 0) is 6.18 Å². The van der Waals surface area contributed by atoms with Crippen LogP contribution in [-0.4, -0.2) is 18.6 Å². The Bertz CT molecular complexity index is 440. The van der Waals surface area contributed by atoms with Crippen molar-refractivity contribution >= 4 is 11.4 Å². The smallest absolute Gasteiger partial charge is 0.379 e. The Labute approximate surface area is 105 Å². The van der Waals surface area contributed by atoms with Crippen LogP contribution in [0.15, 0.2) is 18.2 Å². The van der Waals surface area contributed by atoms with E-state index in [1.807, 2.05) is 25.7 Å². The number of rotatable bonds is 1. The lowest BCUT2D eigenvalue weighted by Gasteiger charge is -2.40. The molecule has 0 fully saturated rings. The molecule has 0 spiro atoms. The third-order valence-corrected chi connectivity index (χ3v) is 3.12. The topological polar surface area (TPSA) is 15.3 Å². The van der Waals surface area contributed by atoms with Gasteiger partial charge in [0.05, 0.1) is 16.9 Å². The summed E-state index contributed by atoms with van der Waals surface area (Å²) in [6.07, 6.45) is -4.32. The second-order valence-electron chi connectivity index (χ2n) is 4.99. The summed E-state index contributed by atoms with van der Waals surface area (Å²) in [6, 6.07) is 4.48. The van der Waals surface area contributed by atoms with E-state index in [1.165, 1.54) is 6.07 Å². The molecular weight excluding hydrogens is 241 g/mol. The highest BCUT2D eigenvalue weighted by Crippen LogP contribution is 2.43. The maximum Gasteiger partial charge on any atom is 0.418 e. The molecule has 0 aromatic heterocycles. The fourth-order valence-electron chi connectivity index (χ4n) is 2.36. The summed E-state index contributed by atoms with van der Waals surface area (Å²) >= 11 is 0. The van der Waals surface area contributed by atoms with Gasteiger partial charge in [-0.2, -0.15) is 13.2 Å². The summed E-state index contributed by atoms with van der Waals surface area (Å²) in [5.74, 6) is 0. The second kappa shape index (κ2) is 4.37. The Hall–Kier alpha value is -1.39. The van der Waals surface area contributed by atoms with E-state index in [0.29, 0.717) is 12.2 Å². The zero-order chi connectivity index (χ0) is 13.5. The maximum atomic E-state index is 13.1. The summed E-state index contributed by atoms with van der Waals surface area (Å²) in [5.41, 5.74) is 0.281. The normalized spacial score (nSPS) is 19.7. The van der Waals surface area contributed by atoms with E-state index in [0.717, 1.165) is 6.07 Å². The van der Waals surface area contributed by atoms with Crippen LogP contribution < -0.4 is 10.2 Å². The highest BCUT2D eigenvalue weighted by Gasteiger charge is 2.38. The quantitative estimate of drug-likeness (QED) is 0.825. The van der Waals surface area contributed by atoms with Gasteiger partial charge in [0.2, 0.25) is 0 Å². The number of hydrogen-bond donors (Lipinski definition) is 1. The van der Waals surface area contributed by atoms with Crippen molar-refractivity contribution in [2.24, 2.45) is 0 Å². The molecule has 1 aliphatic rings. The van der Waals surface area contributed by atoms with Crippen molar-refractivity contribution in [3.8, 4) is 0 Å². The summed E-state index contributed by atoms with van der Waals surface area (Å²) < 4.78 is 39.2. The number of para-hydroxylation sites is 1. The predicted molar refractivity (Wildman–Crippen MR) is 67.0 cm³/mol. The van der Waals surface area contributed by atoms with Crippen molar-refractivity contribution in [2.45, 2.75) is 39.0 Å². The zero-order valence-corrected chi connectivity index (χ0v) is 10.7. The third-order valence-electron chi connectivity index (χ3n) is 3.12. The number of nitrogens with one attached hydrogen (secondary N) is 1. The lowest BCUT2D eigenvalue weighted by molar-refractivity contribution is -0.137. The SMILES string of the molecule is CC1CN(C(C)C)c2c(cccc2C(F)(F)F)N1. The molecule has 0 amide bonds. The van der Waals surface area contributed by atoms with Gasteiger partial charge in [0.15, 0.2) is 0 Å². The van der Waals surface area contributed by atoms with Crippen LogP contribution in [0, 0.1) is 0 Å². The number of benzene rings is 1. The van der Waals surface area contributed by atoms with Crippen LogP contribution in [0.25, 0.3) is 0 Å². The van der Waals surface area contributed by atoms with Gasteiger partial charge in [0, 0.05) is 18.6 Å².